The molecule has 0 aliphatic carbocycles. The SMILES string of the molecule is O=[N+]([O-])c1ccccc1NCc1cccc(N2CCCS2(=O)=O)c1. The van der Waals surface area contributed by atoms with Crippen molar-refractivity contribution in [1.29, 1.82) is 0 Å². The van der Waals surface area contributed by atoms with Crippen LogP contribution in [0.2, 0.25) is 0 Å². The number of rotatable bonds is 5. The highest BCUT2D eigenvalue weighted by molar-refractivity contribution is 7.93. The summed E-state index contributed by atoms with van der Waals surface area (Å²) in [5.41, 5.74) is 1.93. The number of para-hydroxylation sites is 2. The standard InChI is InChI=1S/C16H17N3O4S/c20-19(21)16-8-2-1-7-15(16)17-12-13-5-3-6-14(11-13)18-9-4-10-24(18,22)23/h1-3,5-8,11,17H,4,9-10,12H2. The van der Waals surface area contributed by atoms with Gasteiger partial charge in [-0.05, 0) is 30.2 Å². The summed E-state index contributed by atoms with van der Waals surface area (Å²) in [6.45, 7) is 0.857. The van der Waals surface area contributed by atoms with Crippen LogP contribution in [0.15, 0.2) is 48.5 Å². The first-order chi connectivity index (χ1) is 11.5. The van der Waals surface area contributed by atoms with Crippen molar-refractivity contribution in [2.45, 2.75) is 13.0 Å². The number of hydrogen-bond acceptors (Lipinski definition) is 5. The van der Waals surface area contributed by atoms with Gasteiger partial charge in [0.1, 0.15) is 5.69 Å². The first kappa shape index (κ1) is 16.3. The lowest BCUT2D eigenvalue weighted by Gasteiger charge is -2.18. The summed E-state index contributed by atoms with van der Waals surface area (Å²) in [4.78, 5) is 10.6. The number of sulfonamides is 1. The molecule has 1 heterocycles. The molecule has 0 spiro atoms. The molecule has 1 aliphatic heterocycles. The van der Waals surface area contributed by atoms with Crippen molar-refractivity contribution in [3.8, 4) is 0 Å². The molecular weight excluding hydrogens is 330 g/mol. The van der Waals surface area contributed by atoms with Crippen molar-refractivity contribution in [3.05, 3.63) is 64.2 Å². The van der Waals surface area contributed by atoms with Crippen molar-refractivity contribution in [2.75, 3.05) is 21.9 Å². The Bertz CT molecular complexity index is 867. The molecule has 1 fully saturated rings. The van der Waals surface area contributed by atoms with E-state index in [-0.39, 0.29) is 11.4 Å². The van der Waals surface area contributed by atoms with E-state index < -0.39 is 14.9 Å². The summed E-state index contributed by atoms with van der Waals surface area (Å²) < 4.78 is 25.4. The van der Waals surface area contributed by atoms with Crippen LogP contribution < -0.4 is 9.62 Å². The highest BCUT2D eigenvalue weighted by atomic mass is 32.2. The van der Waals surface area contributed by atoms with Gasteiger partial charge in [-0.15, -0.1) is 0 Å². The Morgan fingerprint density at radius 1 is 1.17 bits per heavy atom. The zero-order valence-electron chi connectivity index (χ0n) is 12.9. The van der Waals surface area contributed by atoms with Gasteiger partial charge in [0, 0.05) is 19.2 Å². The molecule has 1 saturated heterocycles. The quantitative estimate of drug-likeness (QED) is 0.663. The van der Waals surface area contributed by atoms with Crippen LogP contribution in [0.25, 0.3) is 0 Å². The topological polar surface area (TPSA) is 92.6 Å². The van der Waals surface area contributed by atoms with Crippen LogP contribution in [0.1, 0.15) is 12.0 Å². The Morgan fingerprint density at radius 3 is 2.67 bits per heavy atom. The average molecular weight is 347 g/mol. The lowest BCUT2D eigenvalue weighted by molar-refractivity contribution is -0.384. The van der Waals surface area contributed by atoms with Crippen LogP contribution in [0.5, 0.6) is 0 Å². The summed E-state index contributed by atoms with van der Waals surface area (Å²) in [6.07, 6.45) is 0.626. The molecule has 0 radical (unpaired) electrons. The predicted molar refractivity (Wildman–Crippen MR) is 92.6 cm³/mol. The zero-order valence-corrected chi connectivity index (χ0v) is 13.7. The van der Waals surface area contributed by atoms with Gasteiger partial charge in [0.05, 0.1) is 16.4 Å². The van der Waals surface area contributed by atoms with Gasteiger partial charge in [0.2, 0.25) is 10.0 Å². The maximum atomic E-state index is 12.0. The molecule has 0 unspecified atom stereocenters. The Balaban J connectivity index is 1.78. The van der Waals surface area contributed by atoms with Gasteiger partial charge in [-0.1, -0.05) is 24.3 Å². The molecule has 0 atom stereocenters. The predicted octanol–water partition coefficient (Wildman–Crippen LogP) is 2.75. The number of benzene rings is 2. The molecule has 0 amide bonds. The van der Waals surface area contributed by atoms with Crippen molar-refractivity contribution in [1.82, 2.24) is 0 Å². The van der Waals surface area contributed by atoms with Crippen LogP contribution in [-0.4, -0.2) is 25.6 Å². The van der Waals surface area contributed by atoms with Crippen LogP contribution in [0, 0.1) is 10.1 Å². The summed E-state index contributed by atoms with van der Waals surface area (Å²) in [7, 11) is -3.22. The lowest BCUT2D eigenvalue weighted by atomic mass is 10.2. The summed E-state index contributed by atoms with van der Waals surface area (Å²) in [5.74, 6) is 0.172. The molecule has 2 aromatic rings. The van der Waals surface area contributed by atoms with E-state index in [1.54, 1.807) is 36.4 Å². The van der Waals surface area contributed by atoms with E-state index in [0.717, 1.165) is 5.56 Å². The molecule has 0 aromatic heterocycles. The van der Waals surface area contributed by atoms with E-state index in [1.165, 1.54) is 10.4 Å². The minimum atomic E-state index is -3.22. The fraction of sp³-hybridized carbons (Fsp3) is 0.250. The molecule has 24 heavy (non-hydrogen) atoms. The second-order valence-corrected chi connectivity index (χ2v) is 7.55. The van der Waals surface area contributed by atoms with Gasteiger partial charge in [0.25, 0.3) is 5.69 Å². The maximum absolute atomic E-state index is 12.0. The van der Waals surface area contributed by atoms with Gasteiger partial charge < -0.3 is 5.32 Å². The van der Waals surface area contributed by atoms with E-state index in [4.69, 9.17) is 0 Å². The summed E-state index contributed by atoms with van der Waals surface area (Å²) in [6, 6.07) is 13.6. The number of nitrogens with zero attached hydrogens (tertiary/aromatic N) is 2. The van der Waals surface area contributed by atoms with Crippen molar-refractivity contribution in [2.24, 2.45) is 0 Å². The highest BCUT2D eigenvalue weighted by Crippen LogP contribution is 2.26. The summed E-state index contributed by atoms with van der Waals surface area (Å²) >= 11 is 0. The van der Waals surface area contributed by atoms with Gasteiger partial charge >= 0.3 is 0 Å². The van der Waals surface area contributed by atoms with Gasteiger partial charge in [-0.3, -0.25) is 14.4 Å². The van der Waals surface area contributed by atoms with Crippen LogP contribution in [0.4, 0.5) is 17.1 Å². The Morgan fingerprint density at radius 2 is 1.96 bits per heavy atom. The normalized spacial score (nSPS) is 16.1. The molecule has 2 aromatic carbocycles. The van der Waals surface area contributed by atoms with Crippen molar-refractivity contribution >= 4 is 27.1 Å². The molecule has 8 heteroatoms. The van der Waals surface area contributed by atoms with E-state index in [2.05, 4.69) is 5.32 Å². The Hall–Kier alpha value is -2.61. The summed E-state index contributed by atoms with van der Waals surface area (Å²) in [5, 5.41) is 14.1. The maximum Gasteiger partial charge on any atom is 0.292 e. The second-order valence-electron chi connectivity index (χ2n) is 5.54. The van der Waals surface area contributed by atoms with E-state index >= 15 is 0 Å². The first-order valence-electron chi connectivity index (χ1n) is 7.54. The number of anilines is 2. The van der Waals surface area contributed by atoms with Crippen LogP contribution in [-0.2, 0) is 16.6 Å². The Labute approximate surface area is 140 Å². The fourth-order valence-electron chi connectivity index (χ4n) is 2.73. The second kappa shape index (κ2) is 6.48. The molecule has 0 bridgehead atoms. The highest BCUT2D eigenvalue weighted by Gasteiger charge is 2.28. The number of hydrogen-bond donors (Lipinski definition) is 1. The minimum absolute atomic E-state index is 0.00998. The number of nitro groups is 1. The molecule has 1 N–H and O–H groups in total. The molecule has 0 saturated carbocycles. The number of nitrogens with one attached hydrogen (secondary N) is 1. The fourth-order valence-corrected chi connectivity index (χ4v) is 4.29. The van der Waals surface area contributed by atoms with Crippen molar-refractivity contribution < 1.29 is 13.3 Å². The molecule has 7 nitrogen and oxygen atoms in total. The van der Waals surface area contributed by atoms with Gasteiger partial charge in [0.15, 0.2) is 0 Å². The minimum Gasteiger partial charge on any atom is -0.375 e. The largest absolute Gasteiger partial charge is 0.375 e. The number of nitro benzene ring substituents is 1. The zero-order chi connectivity index (χ0) is 17.2. The van der Waals surface area contributed by atoms with Crippen LogP contribution >= 0.6 is 0 Å². The van der Waals surface area contributed by atoms with Crippen molar-refractivity contribution in [3.63, 3.8) is 0 Å². The third-order valence-corrected chi connectivity index (χ3v) is 5.75. The van der Waals surface area contributed by atoms with E-state index in [9.17, 15) is 18.5 Å². The lowest BCUT2D eigenvalue weighted by Crippen LogP contribution is -2.25. The molecule has 126 valence electrons. The molecule has 1 aliphatic rings. The third-order valence-electron chi connectivity index (χ3n) is 3.88. The molecule has 3 rings (SSSR count). The van der Waals surface area contributed by atoms with Gasteiger partial charge in [-0.2, -0.15) is 0 Å². The monoisotopic (exact) mass is 347 g/mol. The smallest absolute Gasteiger partial charge is 0.292 e. The Kier molecular flexibility index (Phi) is 4.39. The molecular formula is C16H17N3O4S. The van der Waals surface area contributed by atoms with Crippen LogP contribution in [0.3, 0.4) is 0 Å². The van der Waals surface area contributed by atoms with Gasteiger partial charge in [-0.25, -0.2) is 8.42 Å². The van der Waals surface area contributed by atoms with E-state index in [0.29, 0.717) is 30.9 Å². The third kappa shape index (κ3) is 3.33. The average Bonchev–Trinajstić information content (AvgIpc) is 2.92. The van der Waals surface area contributed by atoms with E-state index in [1.807, 2.05) is 6.07 Å². The first-order valence-corrected chi connectivity index (χ1v) is 9.15.